The number of hydrogen-bond acceptors (Lipinski definition) is 4. The second-order valence-corrected chi connectivity index (χ2v) is 8.80. The van der Waals surface area contributed by atoms with Gasteiger partial charge in [-0.2, -0.15) is 0 Å². The van der Waals surface area contributed by atoms with E-state index in [4.69, 9.17) is 9.15 Å². The van der Waals surface area contributed by atoms with Gasteiger partial charge in [0.15, 0.2) is 5.78 Å². The first kappa shape index (κ1) is 23.8. The van der Waals surface area contributed by atoms with Crippen molar-refractivity contribution in [3.8, 4) is 5.75 Å². The summed E-state index contributed by atoms with van der Waals surface area (Å²) < 4.78 is 12.1. The van der Waals surface area contributed by atoms with Gasteiger partial charge >= 0.3 is 0 Å². The lowest BCUT2D eigenvalue weighted by Gasteiger charge is -2.18. The Morgan fingerprint density at radius 2 is 1.59 bits per heavy atom. The van der Waals surface area contributed by atoms with Crippen molar-refractivity contribution in [3.05, 3.63) is 100 Å². The van der Waals surface area contributed by atoms with Crippen LogP contribution in [0, 0.1) is 13.8 Å². The molecule has 0 aliphatic heterocycles. The maximum absolute atomic E-state index is 13.6. The fourth-order valence-corrected chi connectivity index (χ4v) is 4.44. The normalized spacial score (nSPS) is 11.3. The Labute approximate surface area is 202 Å². The monoisotopic (exact) mass is 455 g/mol. The predicted octanol–water partition coefficient (Wildman–Crippen LogP) is 6.59. The first-order valence-electron chi connectivity index (χ1n) is 12.1. The molecule has 0 saturated carbocycles. The molecule has 4 heteroatoms. The smallest absolute Gasteiger partial charge is 0.197 e. The minimum Gasteiger partial charge on any atom is -0.492 e. The third-order valence-corrected chi connectivity index (χ3v) is 6.24. The van der Waals surface area contributed by atoms with Crippen molar-refractivity contribution in [2.45, 2.75) is 34.1 Å². The summed E-state index contributed by atoms with van der Waals surface area (Å²) in [6.07, 6.45) is 0.542. The molecule has 0 atom stereocenters. The molecule has 0 aliphatic carbocycles. The number of likely N-dealkylation sites (N-methyl/N-ethyl adjacent to an activating group) is 1. The lowest BCUT2D eigenvalue weighted by atomic mass is 9.95. The number of furan rings is 1. The number of rotatable bonds is 10. The summed E-state index contributed by atoms with van der Waals surface area (Å²) in [4.78, 5) is 16.0. The number of carbonyl (C=O) groups is 1. The van der Waals surface area contributed by atoms with Crippen molar-refractivity contribution in [1.82, 2.24) is 4.90 Å². The number of hydrogen-bond donors (Lipinski definition) is 0. The fourth-order valence-electron chi connectivity index (χ4n) is 4.44. The maximum Gasteiger partial charge on any atom is 0.197 e. The van der Waals surface area contributed by atoms with Crippen molar-refractivity contribution in [1.29, 1.82) is 0 Å². The summed E-state index contributed by atoms with van der Waals surface area (Å²) in [5.41, 5.74) is 5.32. The lowest BCUT2D eigenvalue weighted by molar-refractivity contribution is 0.103. The van der Waals surface area contributed by atoms with Crippen LogP contribution in [0.2, 0.25) is 0 Å². The Balaban J connectivity index is 1.57. The molecule has 34 heavy (non-hydrogen) atoms. The summed E-state index contributed by atoms with van der Waals surface area (Å²) >= 11 is 0. The quantitative estimate of drug-likeness (QED) is 0.253. The van der Waals surface area contributed by atoms with Gasteiger partial charge in [-0.3, -0.25) is 4.79 Å². The number of carbonyl (C=O) groups excluding carboxylic acids is 1. The predicted molar refractivity (Wildman–Crippen MR) is 138 cm³/mol. The molecule has 1 aromatic heterocycles. The Hall–Kier alpha value is -3.37. The number of nitrogens with zero attached hydrogens (tertiary/aromatic N) is 1. The summed E-state index contributed by atoms with van der Waals surface area (Å²) in [5.74, 6) is 1.55. The van der Waals surface area contributed by atoms with Crippen LogP contribution in [0.5, 0.6) is 5.75 Å². The number of benzene rings is 3. The highest BCUT2D eigenvalue weighted by atomic mass is 16.5. The lowest BCUT2D eigenvalue weighted by Crippen LogP contribution is -2.27. The number of aryl methyl sites for hydroxylation is 2. The minimum absolute atomic E-state index is 0.00288. The largest absolute Gasteiger partial charge is 0.492 e. The van der Waals surface area contributed by atoms with E-state index in [1.165, 1.54) is 0 Å². The molecule has 3 aromatic carbocycles. The average Bonchev–Trinajstić information content (AvgIpc) is 3.19. The van der Waals surface area contributed by atoms with E-state index in [0.29, 0.717) is 29.9 Å². The summed E-state index contributed by atoms with van der Waals surface area (Å²) in [5, 5.41) is 0.859. The van der Waals surface area contributed by atoms with Gasteiger partial charge in [-0.25, -0.2) is 0 Å². The van der Waals surface area contributed by atoms with Gasteiger partial charge in [0.25, 0.3) is 0 Å². The van der Waals surface area contributed by atoms with E-state index in [-0.39, 0.29) is 5.78 Å². The van der Waals surface area contributed by atoms with Crippen LogP contribution in [0.1, 0.15) is 52.2 Å². The first-order chi connectivity index (χ1) is 16.5. The zero-order valence-corrected chi connectivity index (χ0v) is 20.6. The molecule has 4 rings (SSSR count). The van der Waals surface area contributed by atoms with Gasteiger partial charge in [0.2, 0.25) is 0 Å². The Morgan fingerprint density at radius 1 is 0.912 bits per heavy atom. The molecule has 0 aliphatic rings. The third kappa shape index (κ3) is 5.40. The number of ketones is 1. The Kier molecular flexibility index (Phi) is 7.49. The molecule has 0 N–H and O–H groups in total. The van der Waals surface area contributed by atoms with Crippen molar-refractivity contribution >= 4 is 16.8 Å². The third-order valence-electron chi connectivity index (χ3n) is 6.24. The van der Waals surface area contributed by atoms with Crippen LogP contribution in [0.4, 0.5) is 0 Å². The topological polar surface area (TPSA) is 42.7 Å². The van der Waals surface area contributed by atoms with E-state index in [0.717, 1.165) is 53.0 Å². The Bertz CT molecular complexity index is 1250. The van der Waals surface area contributed by atoms with Crippen LogP contribution >= 0.6 is 0 Å². The molecule has 4 aromatic rings. The molecule has 0 fully saturated rings. The van der Waals surface area contributed by atoms with Gasteiger partial charge in [0, 0.05) is 23.9 Å². The SMILES string of the molecule is CCN(CC)CCOc1ccc(Cc2oc3ccccc3c2C(=O)c2cc(C)cc(C)c2)cc1. The van der Waals surface area contributed by atoms with Crippen molar-refractivity contribution in [3.63, 3.8) is 0 Å². The highest BCUT2D eigenvalue weighted by Crippen LogP contribution is 2.30. The van der Waals surface area contributed by atoms with Crippen LogP contribution < -0.4 is 4.74 Å². The maximum atomic E-state index is 13.6. The second kappa shape index (κ2) is 10.7. The summed E-state index contributed by atoms with van der Waals surface area (Å²) in [7, 11) is 0. The summed E-state index contributed by atoms with van der Waals surface area (Å²) in [6, 6.07) is 21.8. The first-order valence-corrected chi connectivity index (χ1v) is 12.1. The van der Waals surface area contributed by atoms with Crippen LogP contribution in [0.15, 0.2) is 71.1 Å². The van der Waals surface area contributed by atoms with Crippen LogP contribution in [-0.2, 0) is 6.42 Å². The van der Waals surface area contributed by atoms with Crippen LogP contribution in [0.25, 0.3) is 11.0 Å². The van der Waals surface area contributed by atoms with E-state index < -0.39 is 0 Å². The van der Waals surface area contributed by atoms with Gasteiger partial charge < -0.3 is 14.1 Å². The standard InChI is InChI=1S/C30H33NO3/c1-5-31(6-2)15-16-33-25-13-11-23(12-14-25)20-28-29(26-9-7-8-10-27(26)34-28)30(32)24-18-21(3)17-22(4)19-24/h7-14,17-19H,5-6,15-16,20H2,1-4H3. The molecule has 1 heterocycles. The number of ether oxygens (including phenoxy) is 1. The van der Waals surface area contributed by atoms with Crippen molar-refractivity contribution in [2.24, 2.45) is 0 Å². The molecule has 0 bridgehead atoms. The van der Waals surface area contributed by atoms with Gasteiger partial charge in [0.1, 0.15) is 23.7 Å². The number of fused-ring (bicyclic) bond motifs is 1. The van der Waals surface area contributed by atoms with Crippen molar-refractivity contribution in [2.75, 3.05) is 26.2 Å². The zero-order valence-electron chi connectivity index (χ0n) is 20.6. The molecular weight excluding hydrogens is 422 g/mol. The zero-order chi connectivity index (χ0) is 24.1. The average molecular weight is 456 g/mol. The molecule has 176 valence electrons. The van der Waals surface area contributed by atoms with Gasteiger partial charge in [-0.1, -0.05) is 61.4 Å². The molecule has 4 nitrogen and oxygen atoms in total. The molecular formula is C30H33NO3. The van der Waals surface area contributed by atoms with E-state index in [9.17, 15) is 4.79 Å². The van der Waals surface area contributed by atoms with Crippen LogP contribution in [0.3, 0.4) is 0 Å². The van der Waals surface area contributed by atoms with E-state index in [1.807, 2.05) is 74.5 Å². The fraction of sp³-hybridized carbons (Fsp3) is 0.300. The van der Waals surface area contributed by atoms with E-state index in [1.54, 1.807) is 0 Å². The van der Waals surface area contributed by atoms with Crippen LogP contribution in [-0.4, -0.2) is 36.9 Å². The highest BCUT2D eigenvalue weighted by molar-refractivity contribution is 6.17. The van der Waals surface area contributed by atoms with Gasteiger partial charge in [-0.05, 0) is 62.8 Å². The minimum atomic E-state index is 0.00288. The number of para-hydroxylation sites is 1. The molecule has 0 saturated heterocycles. The van der Waals surface area contributed by atoms with Crippen molar-refractivity contribution < 1.29 is 13.9 Å². The van der Waals surface area contributed by atoms with E-state index >= 15 is 0 Å². The van der Waals surface area contributed by atoms with E-state index in [2.05, 4.69) is 24.8 Å². The molecule has 0 radical (unpaired) electrons. The molecule has 0 spiro atoms. The van der Waals surface area contributed by atoms with Gasteiger partial charge in [-0.15, -0.1) is 0 Å². The highest BCUT2D eigenvalue weighted by Gasteiger charge is 2.22. The summed E-state index contributed by atoms with van der Waals surface area (Å²) in [6.45, 7) is 12.0. The molecule has 0 unspecified atom stereocenters. The van der Waals surface area contributed by atoms with Gasteiger partial charge in [0.05, 0.1) is 5.56 Å². The molecule has 0 amide bonds. The Morgan fingerprint density at radius 3 is 2.26 bits per heavy atom. The second-order valence-electron chi connectivity index (χ2n) is 8.80.